The van der Waals surface area contributed by atoms with Gasteiger partial charge in [-0.2, -0.15) is 0 Å². The molecule has 1 aliphatic rings. The molecule has 1 heterocycles. The van der Waals surface area contributed by atoms with Crippen molar-refractivity contribution in [3.8, 4) is 0 Å². The maximum Gasteiger partial charge on any atom is 0.245 e. The van der Waals surface area contributed by atoms with Gasteiger partial charge >= 0.3 is 0 Å². The molecule has 98 valence electrons. The molecule has 4 heteroatoms. The molecule has 2 unspecified atom stereocenters. The molecule has 0 aromatic rings. The van der Waals surface area contributed by atoms with Crippen molar-refractivity contribution in [1.82, 2.24) is 10.2 Å². The zero-order valence-corrected chi connectivity index (χ0v) is 11.3. The van der Waals surface area contributed by atoms with Gasteiger partial charge < -0.3 is 10.2 Å². The number of nitrogens with zero attached hydrogens (tertiary/aromatic N) is 1. The van der Waals surface area contributed by atoms with Gasteiger partial charge in [-0.3, -0.25) is 9.59 Å². The van der Waals surface area contributed by atoms with Gasteiger partial charge in [-0.15, -0.1) is 0 Å². The molecule has 0 saturated carbocycles. The lowest BCUT2D eigenvalue weighted by atomic mass is 9.98. The van der Waals surface area contributed by atoms with E-state index < -0.39 is 0 Å². The minimum absolute atomic E-state index is 0.00805. The number of hydrogen-bond donors (Lipinski definition) is 1. The smallest absolute Gasteiger partial charge is 0.245 e. The van der Waals surface area contributed by atoms with Gasteiger partial charge in [0.2, 0.25) is 11.8 Å². The number of carbonyl (C=O) groups is 2. The van der Waals surface area contributed by atoms with E-state index in [-0.39, 0.29) is 23.9 Å². The van der Waals surface area contributed by atoms with Crippen LogP contribution >= 0.6 is 0 Å². The summed E-state index contributed by atoms with van der Waals surface area (Å²) in [6.07, 6.45) is 2.02. The second-order valence-electron chi connectivity index (χ2n) is 5.03. The van der Waals surface area contributed by atoms with Gasteiger partial charge in [0.25, 0.3) is 0 Å². The van der Waals surface area contributed by atoms with Crippen LogP contribution in [0.4, 0.5) is 0 Å². The lowest BCUT2D eigenvalue weighted by Crippen LogP contribution is -2.49. The van der Waals surface area contributed by atoms with Crippen LogP contribution < -0.4 is 5.32 Å². The molecule has 0 aliphatic carbocycles. The molecule has 0 spiro atoms. The van der Waals surface area contributed by atoms with Gasteiger partial charge in [0, 0.05) is 19.0 Å². The Hall–Kier alpha value is -1.06. The van der Waals surface area contributed by atoms with Crippen LogP contribution in [0.15, 0.2) is 0 Å². The van der Waals surface area contributed by atoms with E-state index in [9.17, 15) is 9.59 Å². The predicted octanol–water partition coefficient (Wildman–Crippen LogP) is 1.55. The van der Waals surface area contributed by atoms with Crippen LogP contribution in [0.5, 0.6) is 0 Å². The molecular formula is C13H24N2O2. The highest BCUT2D eigenvalue weighted by atomic mass is 16.2. The molecule has 0 radical (unpaired) electrons. The molecule has 0 aromatic heterocycles. The predicted molar refractivity (Wildman–Crippen MR) is 67.5 cm³/mol. The van der Waals surface area contributed by atoms with E-state index >= 15 is 0 Å². The third-order valence-electron chi connectivity index (χ3n) is 3.49. The number of hydrogen-bond acceptors (Lipinski definition) is 2. The van der Waals surface area contributed by atoms with Crippen LogP contribution in [0.2, 0.25) is 0 Å². The maximum absolute atomic E-state index is 12.3. The van der Waals surface area contributed by atoms with Crippen molar-refractivity contribution in [1.29, 1.82) is 0 Å². The molecule has 1 saturated heterocycles. The summed E-state index contributed by atoms with van der Waals surface area (Å²) < 4.78 is 0. The van der Waals surface area contributed by atoms with Crippen LogP contribution in [0.1, 0.15) is 47.0 Å². The number of amides is 2. The van der Waals surface area contributed by atoms with Crippen LogP contribution in [0, 0.1) is 5.92 Å². The van der Waals surface area contributed by atoms with E-state index in [1.54, 1.807) is 0 Å². The fourth-order valence-corrected chi connectivity index (χ4v) is 2.52. The largest absolute Gasteiger partial charge is 0.344 e. The zero-order valence-electron chi connectivity index (χ0n) is 11.3. The first-order valence-corrected chi connectivity index (χ1v) is 6.61. The summed E-state index contributed by atoms with van der Waals surface area (Å²) in [5, 5.41) is 2.80. The Morgan fingerprint density at radius 3 is 2.47 bits per heavy atom. The quantitative estimate of drug-likeness (QED) is 0.810. The van der Waals surface area contributed by atoms with E-state index in [1.165, 1.54) is 0 Å². The number of rotatable bonds is 4. The molecule has 0 bridgehead atoms. The lowest BCUT2D eigenvalue weighted by molar-refractivity contribution is -0.136. The molecule has 17 heavy (non-hydrogen) atoms. The first-order chi connectivity index (χ1) is 8.01. The maximum atomic E-state index is 12.3. The first kappa shape index (κ1) is 14.0. The van der Waals surface area contributed by atoms with Gasteiger partial charge in [-0.05, 0) is 18.8 Å². The van der Waals surface area contributed by atoms with Crippen LogP contribution in [0.3, 0.4) is 0 Å². The van der Waals surface area contributed by atoms with Crippen molar-refractivity contribution in [3.05, 3.63) is 0 Å². The van der Waals surface area contributed by atoms with E-state index in [0.717, 1.165) is 6.42 Å². The Bertz CT molecular complexity index is 289. The van der Waals surface area contributed by atoms with E-state index in [0.29, 0.717) is 25.3 Å². The van der Waals surface area contributed by atoms with Crippen LogP contribution in [-0.4, -0.2) is 35.3 Å². The topological polar surface area (TPSA) is 49.4 Å². The standard InChI is InChI=1S/C13H24N2O2/c1-5-10-13(17)15(8-7-12(16)14-10)11(6-2)9(3)4/h9-11H,5-8H2,1-4H3,(H,14,16). The third-order valence-corrected chi connectivity index (χ3v) is 3.49. The molecule has 1 rings (SSSR count). The van der Waals surface area contributed by atoms with Gasteiger partial charge in [0.15, 0.2) is 0 Å². The van der Waals surface area contributed by atoms with E-state index in [2.05, 4.69) is 26.1 Å². The second kappa shape index (κ2) is 6.03. The van der Waals surface area contributed by atoms with Crippen molar-refractivity contribution in [2.75, 3.05) is 6.54 Å². The Balaban J connectivity index is 2.89. The average molecular weight is 240 g/mol. The molecule has 4 nitrogen and oxygen atoms in total. The molecule has 0 aromatic carbocycles. The number of carbonyl (C=O) groups excluding carboxylic acids is 2. The summed E-state index contributed by atoms with van der Waals surface area (Å²) in [5.74, 6) is 0.500. The normalized spacial score (nSPS) is 23.6. The average Bonchev–Trinajstić information content (AvgIpc) is 2.42. The summed E-state index contributed by atoms with van der Waals surface area (Å²) in [4.78, 5) is 25.8. The third kappa shape index (κ3) is 3.20. The number of nitrogens with one attached hydrogen (secondary N) is 1. The van der Waals surface area contributed by atoms with Crippen molar-refractivity contribution >= 4 is 11.8 Å². The van der Waals surface area contributed by atoms with Crippen molar-refractivity contribution in [2.45, 2.75) is 59.0 Å². The Labute approximate surface area is 104 Å². The fraction of sp³-hybridized carbons (Fsp3) is 0.846. The SMILES string of the molecule is CCC1NC(=O)CCN(C(CC)C(C)C)C1=O. The van der Waals surface area contributed by atoms with Gasteiger partial charge in [0.05, 0.1) is 0 Å². The van der Waals surface area contributed by atoms with Gasteiger partial charge in [0.1, 0.15) is 6.04 Å². The summed E-state index contributed by atoms with van der Waals surface area (Å²) in [5.41, 5.74) is 0. The molecule has 1 N–H and O–H groups in total. The molecule has 2 atom stereocenters. The van der Waals surface area contributed by atoms with Gasteiger partial charge in [-0.25, -0.2) is 0 Å². The highest BCUT2D eigenvalue weighted by Crippen LogP contribution is 2.18. The second-order valence-corrected chi connectivity index (χ2v) is 5.03. The first-order valence-electron chi connectivity index (χ1n) is 6.61. The summed E-state index contributed by atoms with van der Waals surface area (Å²) in [7, 11) is 0. The molecular weight excluding hydrogens is 216 g/mol. The highest BCUT2D eigenvalue weighted by molar-refractivity contribution is 5.90. The zero-order chi connectivity index (χ0) is 13.0. The molecule has 2 amide bonds. The monoisotopic (exact) mass is 240 g/mol. The minimum Gasteiger partial charge on any atom is -0.344 e. The van der Waals surface area contributed by atoms with Gasteiger partial charge in [-0.1, -0.05) is 27.7 Å². The van der Waals surface area contributed by atoms with Crippen molar-refractivity contribution < 1.29 is 9.59 Å². The van der Waals surface area contributed by atoms with Crippen LogP contribution in [0.25, 0.3) is 0 Å². The Kier molecular flexibility index (Phi) is 4.97. The fourth-order valence-electron chi connectivity index (χ4n) is 2.52. The van der Waals surface area contributed by atoms with E-state index in [4.69, 9.17) is 0 Å². The molecule has 1 fully saturated rings. The summed E-state index contributed by atoms with van der Waals surface area (Å²) in [6.45, 7) is 8.84. The summed E-state index contributed by atoms with van der Waals surface area (Å²) in [6, 6.07) is -0.0953. The van der Waals surface area contributed by atoms with Crippen molar-refractivity contribution in [2.24, 2.45) is 5.92 Å². The Morgan fingerprint density at radius 2 is 2.00 bits per heavy atom. The van der Waals surface area contributed by atoms with E-state index in [1.807, 2.05) is 11.8 Å². The summed E-state index contributed by atoms with van der Waals surface area (Å²) >= 11 is 0. The minimum atomic E-state index is -0.335. The van der Waals surface area contributed by atoms with Crippen LogP contribution in [-0.2, 0) is 9.59 Å². The molecule has 1 aliphatic heterocycles. The highest BCUT2D eigenvalue weighted by Gasteiger charge is 2.33. The van der Waals surface area contributed by atoms with Crippen molar-refractivity contribution in [3.63, 3.8) is 0 Å². The Morgan fingerprint density at radius 1 is 1.35 bits per heavy atom. The lowest BCUT2D eigenvalue weighted by Gasteiger charge is -2.34.